The van der Waals surface area contributed by atoms with E-state index in [2.05, 4.69) is 15.5 Å². The second-order valence-electron chi connectivity index (χ2n) is 7.18. The number of hydrogen-bond donors (Lipinski definition) is 1. The molecule has 0 bridgehead atoms. The van der Waals surface area contributed by atoms with E-state index in [1.165, 1.54) is 10.9 Å². The van der Waals surface area contributed by atoms with Crippen molar-refractivity contribution in [2.75, 3.05) is 5.32 Å². The zero-order valence-electron chi connectivity index (χ0n) is 17.1. The molecule has 0 atom stereocenters. The first-order valence-electron chi connectivity index (χ1n) is 10.0. The van der Waals surface area contributed by atoms with Gasteiger partial charge in [-0.2, -0.15) is 4.80 Å². The zero-order valence-corrected chi connectivity index (χ0v) is 18.6. The molecule has 6 nitrogen and oxygen atoms in total. The minimum absolute atomic E-state index is 0.351. The summed E-state index contributed by atoms with van der Waals surface area (Å²) in [6, 6.07) is 23.9. The summed E-state index contributed by atoms with van der Waals surface area (Å²) in [7, 11) is 0. The fourth-order valence-corrected chi connectivity index (χ4v) is 3.59. The van der Waals surface area contributed by atoms with Crippen molar-refractivity contribution < 1.29 is 9.21 Å². The number of nitrogens with zero attached hydrogens (tertiary/aromatic N) is 3. The summed E-state index contributed by atoms with van der Waals surface area (Å²) in [4.78, 5) is 14.0. The molecule has 33 heavy (non-hydrogen) atoms. The topological polar surface area (TPSA) is 73.0 Å². The Morgan fingerprint density at radius 3 is 2.39 bits per heavy atom. The summed E-state index contributed by atoms with van der Waals surface area (Å²) in [6.45, 7) is 0. The van der Waals surface area contributed by atoms with Gasteiger partial charge in [-0.15, -0.1) is 10.2 Å². The molecule has 2 aromatic heterocycles. The number of anilines is 1. The maximum atomic E-state index is 12.5. The van der Waals surface area contributed by atoms with Crippen LogP contribution in [0.1, 0.15) is 5.76 Å². The van der Waals surface area contributed by atoms with Crippen molar-refractivity contribution in [2.24, 2.45) is 0 Å². The third-order valence-electron chi connectivity index (χ3n) is 4.87. The van der Waals surface area contributed by atoms with Crippen molar-refractivity contribution in [3.8, 4) is 17.0 Å². The molecule has 5 rings (SSSR count). The number of amides is 1. The van der Waals surface area contributed by atoms with Crippen LogP contribution in [-0.4, -0.2) is 20.9 Å². The molecule has 8 heteroatoms. The van der Waals surface area contributed by atoms with E-state index in [1.807, 2.05) is 48.5 Å². The van der Waals surface area contributed by atoms with Crippen LogP contribution < -0.4 is 5.32 Å². The van der Waals surface area contributed by atoms with Crippen LogP contribution in [0, 0.1) is 0 Å². The normalized spacial score (nSPS) is 11.3. The van der Waals surface area contributed by atoms with Crippen LogP contribution in [0.4, 0.5) is 5.69 Å². The molecule has 0 fully saturated rings. The first-order chi connectivity index (χ1) is 16.0. The molecule has 0 saturated heterocycles. The Bertz CT molecular complexity index is 1470. The van der Waals surface area contributed by atoms with Gasteiger partial charge in [0.25, 0.3) is 0 Å². The molecule has 3 aromatic carbocycles. The number of benzene rings is 3. The molecule has 0 spiro atoms. The van der Waals surface area contributed by atoms with Crippen molar-refractivity contribution in [3.63, 3.8) is 0 Å². The van der Waals surface area contributed by atoms with Crippen LogP contribution in [0.2, 0.25) is 10.0 Å². The smallest absolute Gasteiger partial charge is 0.248 e. The Balaban J connectivity index is 1.31. The summed E-state index contributed by atoms with van der Waals surface area (Å²) in [5.74, 6) is 0.875. The molecule has 5 aromatic rings. The quantitative estimate of drug-likeness (QED) is 0.289. The molecular formula is C25H16Cl2N4O2. The second-order valence-corrected chi connectivity index (χ2v) is 8.02. The Labute approximate surface area is 199 Å². The molecule has 0 saturated carbocycles. The number of rotatable bonds is 5. The Hall–Kier alpha value is -3.87. The van der Waals surface area contributed by atoms with Crippen molar-refractivity contribution in [3.05, 3.63) is 101 Å². The fraction of sp³-hybridized carbons (Fsp3) is 0. The van der Waals surface area contributed by atoms with Gasteiger partial charge in [-0.05, 0) is 66.7 Å². The first kappa shape index (κ1) is 21.0. The van der Waals surface area contributed by atoms with Crippen LogP contribution in [0.25, 0.3) is 34.1 Å². The van der Waals surface area contributed by atoms with Crippen molar-refractivity contribution in [1.29, 1.82) is 0 Å². The van der Waals surface area contributed by atoms with Crippen LogP contribution in [0.3, 0.4) is 0 Å². The van der Waals surface area contributed by atoms with Crippen molar-refractivity contribution in [2.45, 2.75) is 0 Å². The average molecular weight is 475 g/mol. The SMILES string of the molecule is O=C(/C=C/c1ccc(-c2ccc(Cl)cc2)o1)Nc1cc2nn(-c3ccccc3)nc2cc1Cl. The first-order valence-corrected chi connectivity index (χ1v) is 10.8. The van der Waals surface area contributed by atoms with Crippen LogP contribution in [0.15, 0.2) is 89.4 Å². The highest BCUT2D eigenvalue weighted by atomic mass is 35.5. The number of fused-ring (bicyclic) bond motifs is 1. The largest absolute Gasteiger partial charge is 0.457 e. The van der Waals surface area contributed by atoms with Gasteiger partial charge < -0.3 is 9.73 Å². The third-order valence-corrected chi connectivity index (χ3v) is 5.43. The van der Waals surface area contributed by atoms with E-state index in [-0.39, 0.29) is 5.91 Å². The van der Waals surface area contributed by atoms with Crippen LogP contribution in [0.5, 0.6) is 0 Å². The third kappa shape index (κ3) is 4.67. The maximum Gasteiger partial charge on any atom is 0.248 e. The van der Waals surface area contributed by atoms with Crippen LogP contribution in [-0.2, 0) is 4.79 Å². The highest BCUT2D eigenvalue weighted by Crippen LogP contribution is 2.27. The lowest BCUT2D eigenvalue weighted by Crippen LogP contribution is -2.08. The van der Waals surface area contributed by atoms with E-state index >= 15 is 0 Å². The number of nitrogens with one attached hydrogen (secondary N) is 1. The average Bonchev–Trinajstić information content (AvgIpc) is 3.46. The molecule has 0 unspecified atom stereocenters. The van der Waals surface area contributed by atoms with Gasteiger partial charge in [-0.1, -0.05) is 41.4 Å². The molecule has 0 radical (unpaired) electrons. The number of hydrogen-bond acceptors (Lipinski definition) is 4. The maximum absolute atomic E-state index is 12.5. The standard InChI is InChI=1S/C25H16Cl2N4O2/c26-17-8-6-16(7-9-17)24-12-10-19(33-24)11-13-25(32)28-21-15-23-22(14-20(21)27)29-31(30-23)18-4-2-1-3-5-18/h1-15H,(H,28,32)/b13-11+. The van der Waals surface area contributed by atoms with E-state index < -0.39 is 0 Å². The Morgan fingerprint density at radius 1 is 0.909 bits per heavy atom. The summed E-state index contributed by atoms with van der Waals surface area (Å²) >= 11 is 12.3. The minimum atomic E-state index is -0.351. The lowest BCUT2D eigenvalue weighted by Gasteiger charge is -2.04. The number of halogens is 2. The number of carbonyl (C=O) groups excluding carboxylic acids is 1. The Morgan fingerprint density at radius 2 is 1.64 bits per heavy atom. The van der Waals surface area contributed by atoms with Gasteiger partial charge in [-0.25, -0.2) is 0 Å². The number of carbonyl (C=O) groups is 1. The van der Waals surface area contributed by atoms with Crippen molar-refractivity contribution >= 4 is 51.9 Å². The number of aromatic nitrogens is 3. The fourth-order valence-electron chi connectivity index (χ4n) is 3.25. The molecule has 1 amide bonds. The number of furan rings is 1. The predicted molar refractivity (Wildman–Crippen MR) is 131 cm³/mol. The monoisotopic (exact) mass is 474 g/mol. The van der Waals surface area contributed by atoms with Gasteiger partial charge in [-0.3, -0.25) is 4.79 Å². The van der Waals surface area contributed by atoms with E-state index in [1.54, 1.807) is 36.4 Å². The molecule has 162 valence electrons. The second kappa shape index (κ2) is 8.94. The molecular weight excluding hydrogens is 459 g/mol. The van der Waals surface area contributed by atoms with Gasteiger partial charge in [0.2, 0.25) is 5.91 Å². The summed E-state index contributed by atoms with van der Waals surface area (Å²) in [6.07, 6.45) is 2.97. The van der Waals surface area contributed by atoms with Gasteiger partial charge >= 0.3 is 0 Å². The number of para-hydroxylation sites is 1. The molecule has 2 heterocycles. The summed E-state index contributed by atoms with van der Waals surface area (Å²) < 4.78 is 5.78. The lowest BCUT2D eigenvalue weighted by molar-refractivity contribution is -0.111. The predicted octanol–water partition coefficient (Wildman–Crippen LogP) is 6.64. The van der Waals surface area contributed by atoms with E-state index in [0.717, 1.165) is 11.3 Å². The van der Waals surface area contributed by atoms with E-state index in [4.69, 9.17) is 27.6 Å². The highest BCUT2D eigenvalue weighted by molar-refractivity contribution is 6.34. The molecule has 0 aliphatic heterocycles. The van der Waals surface area contributed by atoms with Gasteiger partial charge in [0.05, 0.1) is 16.4 Å². The summed E-state index contributed by atoms with van der Waals surface area (Å²) in [5.41, 5.74) is 3.41. The highest BCUT2D eigenvalue weighted by Gasteiger charge is 2.11. The van der Waals surface area contributed by atoms with Crippen LogP contribution >= 0.6 is 23.2 Å². The molecule has 1 N–H and O–H groups in total. The van der Waals surface area contributed by atoms with Gasteiger partial charge in [0, 0.05) is 16.7 Å². The molecule has 0 aliphatic rings. The molecule has 0 aliphatic carbocycles. The lowest BCUT2D eigenvalue weighted by atomic mass is 10.2. The summed E-state index contributed by atoms with van der Waals surface area (Å²) in [5, 5.41) is 12.7. The van der Waals surface area contributed by atoms with Crippen molar-refractivity contribution in [1.82, 2.24) is 15.0 Å². The van der Waals surface area contributed by atoms with Gasteiger partial charge in [0.1, 0.15) is 22.6 Å². The van der Waals surface area contributed by atoms with E-state index in [0.29, 0.717) is 38.3 Å². The van der Waals surface area contributed by atoms with Gasteiger partial charge in [0.15, 0.2) is 0 Å². The van der Waals surface area contributed by atoms with E-state index in [9.17, 15) is 4.79 Å². The zero-order chi connectivity index (χ0) is 22.8. The minimum Gasteiger partial charge on any atom is -0.457 e. The Kier molecular flexibility index (Phi) is 5.69.